The van der Waals surface area contributed by atoms with Gasteiger partial charge in [-0.05, 0) is 36.4 Å². The lowest BCUT2D eigenvalue weighted by molar-refractivity contribution is -0.384. The number of rotatable bonds is 7. The van der Waals surface area contributed by atoms with Gasteiger partial charge >= 0.3 is 0 Å². The van der Waals surface area contributed by atoms with E-state index in [-0.39, 0.29) is 23.0 Å². The highest BCUT2D eigenvalue weighted by molar-refractivity contribution is 7.89. The lowest BCUT2D eigenvalue weighted by Crippen LogP contribution is -2.30. The summed E-state index contributed by atoms with van der Waals surface area (Å²) in [4.78, 5) is 10.1. The topological polar surface area (TPSA) is 107 Å². The Hall–Kier alpha value is -2.62. The number of nitrogens with zero attached hydrogens (tertiary/aromatic N) is 2. The Morgan fingerprint density at radius 3 is 2.08 bits per heavy atom. The maximum Gasteiger partial charge on any atom is 0.289 e. The highest BCUT2D eigenvalue weighted by atomic mass is 35.5. The van der Waals surface area contributed by atoms with Gasteiger partial charge in [-0.15, -0.1) is 0 Å². The molecule has 2 heterocycles. The van der Waals surface area contributed by atoms with Gasteiger partial charge in [-0.25, -0.2) is 8.42 Å². The monoisotopic (exact) mass is 396 g/mol. The zero-order chi connectivity index (χ0) is 18.7. The summed E-state index contributed by atoms with van der Waals surface area (Å²) in [5.41, 5.74) is -0.483. The predicted octanol–water partition coefficient (Wildman–Crippen LogP) is 3.83. The molecule has 0 saturated carbocycles. The third-order valence-corrected chi connectivity index (χ3v) is 5.68. The van der Waals surface area contributed by atoms with Gasteiger partial charge in [0.1, 0.15) is 16.5 Å². The van der Waals surface area contributed by atoms with Crippen LogP contribution in [0.15, 0.2) is 68.7 Å². The molecule has 8 nitrogen and oxygen atoms in total. The van der Waals surface area contributed by atoms with Crippen molar-refractivity contribution in [2.24, 2.45) is 0 Å². The molecule has 0 aliphatic carbocycles. The molecule has 1 aromatic carbocycles. The third-order valence-electron chi connectivity index (χ3n) is 3.58. The first kappa shape index (κ1) is 18.2. The number of sulfonamides is 1. The fourth-order valence-corrected chi connectivity index (χ4v) is 3.90. The van der Waals surface area contributed by atoms with Crippen molar-refractivity contribution < 1.29 is 22.2 Å². The van der Waals surface area contributed by atoms with Gasteiger partial charge in [0, 0.05) is 6.07 Å². The fraction of sp³-hybridized carbons (Fsp3) is 0.125. The number of hydrogen-bond acceptors (Lipinski definition) is 6. The number of hydrogen-bond donors (Lipinski definition) is 0. The molecular weight excluding hydrogens is 384 g/mol. The van der Waals surface area contributed by atoms with Crippen LogP contribution in [0.4, 0.5) is 5.69 Å². The van der Waals surface area contributed by atoms with Crippen LogP contribution < -0.4 is 0 Å². The Bertz CT molecular complexity index is 963. The van der Waals surface area contributed by atoms with Crippen LogP contribution in [0.5, 0.6) is 0 Å². The summed E-state index contributed by atoms with van der Waals surface area (Å²) in [6.45, 7) is -0.126. The van der Waals surface area contributed by atoms with Gasteiger partial charge in [0.2, 0.25) is 10.0 Å². The van der Waals surface area contributed by atoms with E-state index in [0.717, 1.165) is 10.4 Å². The van der Waals surface area contributed by atoms with Gasteiger partial charge in [-0.1, -0.05) is 11.6 Å². The Morgan fingerprint density at radius 2 is 1.62 bits per heavy atom. The molecule has 0 saturated heterocycles. The van der Waals surface area contributed by atoms with Crippen LogP contribution in [0.25, 0.3) is 0 Å². The van der Waals surface area contributed by atoms with E-state index < -0.39 is 20.6 Å². The largest absolute Gasteiger partial charge is 0.468 e. The minimum Gasteiger partial charge on any atom is -0.468 e. The molecule has 3 aromatic rings. The molecule has 0 N–H and O–H groups in total. The summed E-state index contributed by atoms with van der Waals surface area (Å²) < 4.78 is 37.7. The van der Waals surface area contributed by atoms with E-state index in [1.165, 1.54) is 24.7 Å². The molecule has 0 bridgehead atoms. The van der Waals surface area contributed by atoms with Crippen molar-refractivity contribution in [3.63, 3.8) is 0 Å². The molecular formula is C16H13ClN2O6S. The van der Waals surface area contributed by atoms with Crippen LogP contribution in [-0.4, -0.2) is 17.6 Å². The van der Waals surface area contributed by atoms with Crippen LogP contribution in [0.3, 0.4) is 0 Å². The maximum atomic E-state index is 13.0. The van der Waals surface area contributed by atoms with E-state index in [1.807, 2.05) is 0 Å². The van der Waals surface area contributed by atoms with Gasteiger partial charge in [-0.2, -0.15) is 4.31 Å². The molecule has 0 radical (unpaired) electrons. The number of furan rings is 2. The third kappa shape index (κ3) is 3.79. The summed E-state index contributed by atoms with van der Waals surface area (Å²) in [6, 6.07) is 9.89. The summed E-state index contributed by atoms with van der Waals surface area (Å²) >= 11 is 5.77. The van der Waals surface area contributed by atoms with Gasteiger partial charge < -0.3 is 8.83 Å². The summed E-state index contributed by atoms with van der Waals surface area (Å²) in [5.74, 6) is 0.840. The van der Waals surface area contributed by atoms with Crippen molar-refractivity contribution in [1.29, 1.82) is 0 Å². The molecule has 0 aliphatic rings. The lowest BCUT2D eigenvalue weighted by atomic mass is 10.3. The molecule has 26 heavy (non-hydrogen) atoms. The first-order chi connectivity index (χ1) is 12.4. The summed E-state index contributed by atoms with van der Waals surface area (Å²) in [5, 5.41) is 10.9. The van der Waals surface area contributed by atoms with Crippen molar-refractivity contribution in [3.05, 3.63) is 81.6 Å². The van der Waals surface area contributed by atoms with Crippen molar-refractivity contribution >= 4 is 27.3 Å². The first-order valence-electron chi connectivity index (χ1n) is 7.37. The number of benzene rings is 1. The second-order valence-corrected chi connectivity index (χ2v) is 7.65. The minimum absolute atomic E-state index is 0.0630. The maximum absolute atomic E-state index is 13.0. The highest BCUT2D eigenvalue weighted by Crippen LogP contribution is 2.29. The van der Waals surface area contributed by atoms with Crippen LogP contribution in [0.1, 0.15) is 11.5 Å². The smallest absolute Gasteiger partial charge is 0.289 e. The second kappa shape index (κ2) is 7.32. The fourth-order valence-electron chi connectivity index (χ4n) is 2.32. The lowest BCUT2D eigenvalue weighted by Gasteiger charge is -2.20. The standard InChI is InChI=1S/C16H13ClN2O6S/c17-15-6-5-14(9-16(15)19(20)21)26(22,23)18(10-12-3-1-7-24-12)11-13-4-2-8-25-13/h1-9H,10-11H2. The van der Waals surface area contributed by atoms with E-state index in [9.17, 15) is 18.5 Å². The van der Waals surface area contributed by atoms with Crippen LogP contribution in [0, 0.1) is 10.1 Å². The van der Waals surface area contributed by atoms with E-state index in [2.05, 4.69) is 0 Å². The minimum atomic E-state index is -4.08. The average Bonchev–Trinajstić information content (AvgIpc) is 3.28. The molecule has 2 aromatic heterocycles. The van der Waals surface area contributed by atoms with Crippen LogP contribution >= 0.6 is 11.6 Å². The quantitative estimate of drug-likeness (QED) is 0.443. The van der Waals surface area contributed by atoms with Crippen LogP contribution in [-0.2, 0) is 23.1 Å². The molecule has 3 rings (SSSR count). The molecule has 0 spiro atoms. The van der Waals surface area contributed by atoms with Crippen molar-refractivity contribution in [2.75, 3.05) is 0 Å². The average molecular weight is 397 g/mol. The molecule has 0 unspecified atom stereocenters. The highest BCUT2D eigenvalue weighted by Gasteiger charge is 2.29. The van der Waals surface area contributed by atoms with Crippen molar-refractivity contribution in [2.45, 2.75) is 18.0 Å². The molecule has 0 atom stereocenters. The summed E-state index contributed by atoms with van der Waals surface area (Å²) in [7, 11) is -4.08. The van der Waals surface area contributed by atoms with Crippen molar-refractivity contribution in [1.82, 2.24) is 4.31 Å². The molecule has 0 fully saturated rings. The second-order valence-electron chi connectivity index (χ2n) is 5.30. The van der Waals surface area contributed by atoms with E-state index in [1.54, 1.807) is 24.3 Å². The zero-order valence-electron chi connectivity index (χ0n) is 13.2. The van der Waals surface area contributed by atoms with Gasteiger partial charge in [0.15, 0.2) is 0 Å². The van der Waals surface area contributed by atoms with Crippen molar-refractivity contribution in [3.8, 4) is 0 Å². The normalized spacial score (nSPS) is 11.8. The van der Waals surface area contributed by atoms with Gasteiger partial charge in [-0.3, -0.25) is 10.1 Å². The Balaban J connectivity index is 2.00. The van der Waals surface area contributed by atoms with Gasteiger partial charge in [0.05, 0.1) is 35.4 Å². The predicted molar refractivity (Wildman–Crippen MR) is 92.0 cm³/mol. The Labute approximate surface area is 153 Å². The van der Waals surface area contributed by atoms with E-state index in [4.69, 9.17) is 20.4 Å². The summed E-state index contributed by atoms with van der Waals surface area (Å²) in [6.07, 6.45) is 2.86. The number of halogens is 1. The van der Waals surface area contributed by atoms with Crippen LogP contribution in [0.2, 0.25) is 5.02 Å². The Kier molecular flexibility index (Phi) is 5.12. The number of nitro groups is 1. The molecule has 0 aliphatic heterocycles. The SMILES string of the molecule is O=[N+]([O-])c1cc(S(=O)(=O)N(Cc2ccco2)Cc2ccco2)ccc1Cl. The molecule has 136 valence electrons. The first-order valence-corrected chi connectivity index (χ1v) is 9.18. The zero-order valence-corrected chi connectivity index (χ0v) is 14.8. The molecule has 10 heteroatoms. The van der Waals surface area contributed by atoms with Gasteiger partial charge in [0.25, 0.3) is 5.69 Å². The van der Waals surface area contributed by atoms with E-state index >= 15 is 0 Å². The Morgan fingerprint density at radius 1 is 1.04 bits per heavy atom. The molecule has 0 amide bonds. The van der Waals surface area contributed by atoms with E-state index in [0.29, 0.717) is 11.5 Å². The number of nitro benzene ring substituents is 1.